The molecule has 0 radical (unpaired) electrons. The normalized spacial score (nSPS) is 24.6. The van der Waals surface area contributed by atoms with Crippen molar-refractivity contribution in [2.75, 3.05) is 30.5 Å². The molecule has 0 amide bonds. The molecule has 8 nitrogen and oxygen atoms in total. The third-order valence-corrected chi connectivity index (χ3v) is 5.13. The summed E-state index contributed by atoms with van der Waals surface area (Å²) in [5, 5.41) is 18.8. The molecule has 0 spiro atoms. The fourth-order valence-corrected chi connectivity index (χ4v) is 3.28. The number of nitrogens with zero attached hydrogens (tertiary/aromatic N) is 2. The standard InChI is InChI=1S/C18H27ClN6O2/c1-11-4-7-27-15(20)14(12(2)25-18(3)5-8-26-9-6-18)23-17-21-10-13(19)16(22-11)24-17/h10-11,20,25H,4-9H2,1-3H3,(H2,21,22,23,24)/b14-12+,20-15?/t11-/m1/s1. The van der Waals surface area contributed by atoms with Gasteiger partial charge in [0.25, 0.3) is 0 Å². The molecule has 2 aliphatic heterocycles. The molecule has 1 fully saturated rings. The van der Waals surface area contributed by atoms with Crippen LogP contribution in [-0.2, 0) is 9.47 Å². The molecule has 0 saturated carbocycles. The van der Waals surface area contributed by atoms with Crippen LogP contribution in [0.2, 0.25) is 5.02 Å². The van der Waals surface area contributed by atoms with Crippen molar-refractivity contribution in [1.29, 1.82) is 5.41 Å². The molecule has 0 aliphatic carbocycles. The zero-order valence-corrected chi connectivity index (χ0v) is 16.7. The Morgan fingerprint density at radius 3 is 2.85 bits per heavy atom. The van der Waals surface area contributed by atoms with E-state index in [9.17, 15) is 0 Å². The SMILES string of the molecule is C/C(NC1(C)CCOCC1)=C1\Nc2ncc(Cl)c(n2)N[C@H](C)CCOC1=N. The average molecular weight is 395 g/mol. The third kappa shape index (κ3) is 5.01. The predicted octanol–water partition coefficient (Wildman–Crippen LogP) is 3.13. The lowest BCUT2D eigenvalue weighted by Gasteiger charge is -2.36. The van der Waals surface area contributed by atoms with Crippen LogP contribution in [0, 0.1) is 5.41 Å². The van der Waals surface area contributed by atoms with E-state index in [0.29, 0.717) is 35.5 Å². The van der Waals surface area contributed by atoms with Gasteiger partial charge in [-0.2, -0.15) is 4.98 Å². The molecule has 1 saturated heterocycles. The fourth-order valence-electron chi connectivity index (χ4n) is 3.14. The summed E-state index contributed by atoms with van der Waals surface area (Å²) in [6.45, 7) is 7.97. The van der Waals surface area contributed by atoms with E-state index in [1.54, 1.807) is 6.20 Å². The highest BCUT2D eigenvalue weighted by molar-refractivity contribution is 6.32. The molecule has 1 aromatic heterocycles. The maximum Gasteiger partial charge on any atom is 0.232 e. The van der Waals surface area contributed by atoms with E-state index < -0.39 is 0 Å². The van der Waals surface area contributed by atoms with Gasteiger partial charge in [-0.05, 0) is 33.6 Å². The van der Waals surface area contributed by atoms with Crippen LogP contribution >= 0.6 is 11.6 Å². The zero-order valence-electron chi connectivity index (χ0n) is 16.0. The van der Waals surface area contributed by atoms with Gasteiger partial charge in [-0.1, -0.05) is 11.6 Å². The Kier molecular flexibility index (Phi) is 6.06. The van der Waals surface area contributed by atoms with E-state index in [1.807, 2.05) is 13.8 Å². The number of rotatable bonds is 2. The van der Waals surface area contributed by atoms with Crippen molar-refractivity contribution in [3.63, 3.8) is 0 Å². The van der Waals surface area contributed by atoms with E-state index in [0.717, 1.165) is 31.8 Å². The Morgan fingerprint density at radius 1 is 1.37 bits per heavy atom. The maximum absolute atomic E-state index is 8.40. The largest absolute Gasteiger partial charge is 0.476 e. The molecule has 3 heterocycles. The highest BCUT2D eigenvalue weighted by Crippen LogP contribution is 2.25. The highest BCUT2D eigenvalue weighted by Gasteiger charge is 2.28. The van der Waals surface area contributed by atoms with E-state index in [4.69, 9.17) is 26.5 Å². The van der Waals surface area contributed by atoms with E-state index >= 15 is 0 Å². The molecule has 148 valence electrons. The zero-order chi connectivity index (χ0) is 19.4. The number of allylic oxidation sites excluding steroid dienone is 1. The highest BCUT2D eigenvalue weighted by atomic mass is 35.5. The second-order valence-corrected chi connectivity index (χ2v) is 7.73. The summed E-state index contributed by atoms with van der Waals surface area (Å²) in [5.41, 5.74) is 1.24. The van der Waals surface area contributed by atoms with Crippen molar-refractivity contribution in [3.05, 3.63) is 22.6 Å². The number of hydrogen-bond acceptors (Lipinski definition) is 8. The topological polar surface area (TPSA) is 104 Å². The van der Waals surface area contributed by atoms with Gasteiger partial charge in [0.15, 0.2) is 5.82 Å². The number of ether oxygens (including phenoxy) is 2. The smallest absolute Gasteiger partial charge is 0.232 e. The minimum Gasteiger partial charge on any atom is -0.476 e. The lowest BCUT2D eigenvalue weighted by Crippen LogP contribution is -2.46. The molecule has 0 unspecified atom stereocenters. The monoisotopic (exact) mass is 394 g/mol. The van der Waals surface area contributed by atoms with Gasteiger partial charge in [0.2, 0.25) is 11.8 Å². The Balaban J connectivity index is 1.91. The molecule has 1 atom stereocenters. The van der Waals surface area contributed by atoms with Crippen molar-refractivity contribution >= 4 is 29.3 Å². The van der Waals surface area contributed by atoms with Gasteiger partial charge in [-0.15, -0.1) is 0 Å². The van der Waals surface area contributed by atoms with Gasteiger partial charge >= 0.3 is 0 Å². The molecular weight excluding hydrogens is 368 g/mol. The van der Waals surface area contributed by atoms with Crippen LogP contribution < -0.4 is 16.0 Å². The minimum absolute atomic E-state index is 0.0601. The summed E-state index contributed by atoms with van der Waals surface area (Å²) >= 11 is 6.21. The van der Waals surface area contributed by atoms with E-state index in [2.05, 4.69) is 32.8 Å². The van der Waals surface area contributed by atoms with Crippen LogP contribution in [0.1, 0.15) is 40.0 Å². The molecule has 9 heteroatoms. The molecule has 3 rings (SSSR count). The predicted molar refractivity (Wildman–Crippen MR) is 106 cm³/mol. The maximum atomic E-state index is 8.40. The summed E-state index contributed by atoms with van der Waals surface area (Å²) in [6.07, 6.45) is 4.06. The van der Waals surface area contributed by atoms with Crippen LogP contribution in [0.25, 0.3) is 0 Å². The van der Waals surface area contributed by atoms with Crippen molar-refractivity contribution < 1.29 is 9.47 Å². The van der Waals surface area contributed by atoms with Crippen LogP contribution in [0.3, 0.4) is 0 Å². The molecule has 2 aliphatic rings. The number of fused-ring (bicyclic) bond motifs is 2. The van der Waals surface area contributed by atoms with Crippen molar-refractivity contribution in [3.8, 4) is 0 Å². The van der Waals surface area contributed by atoms with Gasteiger partial charge in [-0.3, -0.25) is 5.41 Å². The number of hydrogen-bond donors (Lipinski definition) is 4. The number of halogens is 1. The van der Waals surface area contributed by atoms with E-state index in [-0.39, 0.29) is 17.5 Å². The molecule has 2 bridgehead atoms. The van der Waals surface area contributed by atoms with Crippen molar-refractivity contribution in [2.24, 2.45) is 0 Å². The molecular formula is C18H27ClN6O2. The van der Waals surface area contributed by atoms with Crippen LogP contribution in [0.5, 0.6) is 0 Å². The second kappa shape index (κ2) is 8.31. The third-order valence-electron chi connectivity index (χ3n) is 4.85. The summed E-state index contributed by atoms with van der Waals surface area (Å²) < 4.78 is 11.1. The Labute approximate surface area is 164 Å². The van der Waals surface area contributed by atoms with Crippen molar-refractivity contribution in [1.82, 2.24) is 15.3 Å². The summed E-state index contributed by atoms with van der Waals surface area (Å²) in [4.78, 5) is 8.70. The lowest BCUT2D eigenvalue weighted by atomic mass is 9.92. The first-order valence-electron chi connectivity index (χ1n) is 9.21. The number of nitrogens with one attached hydrogen (secondary N) is 4. The first-order valence-corrected chi connectivity index (χ1v) is 9.59. The molecule has 0 aromatic carbocycles. The fraction of sp³-hybridized carbons (Fsp3) is 0.611. The molecule has 1 aromatic rings. The Hall–Kier alpha value is -2.06. The van der Waals surface area contributed by atoms with Gasteiger partial charge in [0.05, 0.1) is 12.8 Å². The Bertz CT molecular complexity index is 733. The van der Waals surface area contributed by atoms with Gasteiger partial charge in [-0.25, -0.2) is 4.98 Å². The summed E-state index contributed by atoms with van der Waals surface area (Å²) in [7, 11) is 0. The first-order chi connectivity index (χ1) is 12.9. The van der Waals surface area contributed by atoms with Crippen LogP contribution in [0.4, 0.5) is 11.8 Å². The Morgan fingerprint density at radius 2 is 2.11 bits per heavy atom. The van der Waals surface area contributed by atoms with Crippen LogP contribution in [0.15, 0.2) is 17.6 Å². The summed E-state index contributed by atoms with van der Waals surface area (Å²) in [6, 6.07) is 0.101. The second-order valence-electron chi connectivity index (χ2n) is 7.32. The first kappa shape index (κ1) is 19.7. The van der Waals surface area contributed by atoms with Gasteiger partial charge in [0.1, 0.15) is 10.7 Å². The van der Waals surface area contributed by atoms with Gasteiger partial charge < -0.3 is 25.4 Å². The van der Waals surface area contributed by atoms with Gasteiger partial charge in [0, 0.05) is 36.9 Å². The summed E-state index contributed by atoms with van der Waals surface area (Å²) in [5.74, 6) is 0.985. The van der Waals surface area contributed by atoms with Crippen LogP contribution in [-0.4, -0.2) is 47.3 Å². The quantitative estimate of drug-likeness (QED) is 0.610. The van der Waals surface area contributed by atoms with E-state index in [1.165, 1.54) is 0 Å². The number of aromatic nitrogens is 2. The van der Waals surface area contributed by atoms with Crippen molar-refractivity contribution in [2.45, 2.75) is 51.6 Å². The molecule has 4 N–H and O–H groups in total. The number of anilines is 2. The average Bonchev–Trinajstić information content (AvgIpc) is 2.63. The minimum atomic E-state index is -0.0917. The molecule has 27 heavy (non-hydrogen) atoms. The lowest BCUT2D eigenvalue weighted by molar-refractivity contribution is 0.0490.